The van der Waals surface area contributed by atoms with Crippen molar-refractivity contribution in [1.82, 2.24) is 25.1 Å². The lowest BCUT2D eigenvalue weighted by Crippen LogP contribution is -2.67. The smallest absolute Gasteiger partial charge is 0.321 e. The van der Waals surface area contributed by atoms with Gasteiger partial charge in [-0.05, 0) is 86.7 Å². The fourth-order valence-corrected chi connectivity index (χ4v) is 7.76. The molecule has 1 saturated heterocycles. The maximum atomic E-state index is 14.9. The number of aryl methyl sites for hydroxylation is 1. The van der Waals surface area contributed by atoms with E-state index < -0.39 is 40.8 Å². The molecule has 4 atom stereocenters. The predicted molar refractivity (Wildman–Crippen MR) is 205 cm³/mol. The number of rotatable bonds is 9. The Bertz CT molecular complexity index is 2180. The first-order chi connectivity index (χ1) is 27.0. The maximum absolute atomic E-state index is 14.9. The Hall–Kier alpha value is -6.05. The van der Waals surface area contributed by atoms with Gasteiger partial charge in [-0.2, -0.15) is 4.98 Å². The SMILES string of the molecule is COc1ccc(CN2CCCCC/C=C/C3CC3(C=O)NC(=O)C3(C(N)=O)CC(Oc4nc(-c5ccc(F)cc5)nc5c(C)c(OC)ccc45)CN3C2=O)cc1. The van der Waals surface area contributed by atoms with E-state index >= 15 is 0 Å². The molecule has 292 valence electrons. The predicted octanol–water partition coefficient (Wildman–Crippen LogP) is 5.26. The molecule has 2 fully saturated rings. The molecule has 4 aromatic rings. The second-order valence-electron chi connectivity index (χ2n) is 14.7. The third-order valence-corrected chi connectivity index (χ3v) is 11.1. The number of halogens is 1. The van der Waals surface area contributed by atoms with E-state index in [4.69, 9.17) is 29.9 Å². The minimum atomic E-state index is -2.23. The lowest BCUT2D eigenvalue weighted by atomic mass is 9.92. The normalized spacial score (nSPS) is 24.6. The molecular formula is C42H45FN6O7. The summed E-state index contributed by atoms with van der Waals surface area (Å²) in [5, 5.41) is 3.35. The van der Waals surface area contributed by atoms with Crippen molar-refractivity contribution in [3.8, 4) is 28.8 Å². The number of allylic oxidation sites excluding steroid dienone is 1. The number of ether oxygens (including phenoxy) is 3. The van der Waals surface area contributed by atoms with Crippen LogP contribution in [0.1, 0.15) is 49.7 Å². The summed E-state index contributed by atoms with van der Waals surface area (Å²) in [5.74, 6) is -1.02. The molecule has 4 amide bonds. The number of urea groups is 1. The first kappa shape index (κ1) is 38.2. The van der Waals surface area contributed by atoms with Gasteiger partial charge in [0, 0.05) is 36.6 Å². The van der Waals surface area contributed by atoms with Gasteiger partial charge in [-0.25, -0.2) is 14.2 Å². The van der Waals surface area contributed by atoms with Crippen molar-refractivity contribution >= 4 is 35.0 Å². The number of hydrogen-bond donors (Lipinski definition) is 2. The Balaban J connectivity index is 1.31. The summed E-state index contributed by atoms with van der Waals surface area (Å²) in [7, 11) is 3.12. The van der Waals surface area contributed by atoms with Crippen molar-refractivity contribution in [2.75, 3.05) is 27.3 Å². The number of methoxy groups -OCH3 is 2. The van der Waals surface area contributed by atoms with E-state index in [0.29, 0.717) is 59.2 Å². The molecule has 3 heterocycles. The van der Waals surface area contributed by atoms with Crippen LogP contribution in [0.5, 0.6) is 17.4 Å². The van der Waals surface area contributed by atoms with Crippen LogP contribution in [0, 0.1) is 18.7 Å². The zero-order chi connectivity index (χ0) is 39.6. The molecule has 1 saturated carbocycles. The Kier molecular flexibility index (Phi) is 10.6. The number of aldehydes is 1. The van der Waals surface area contributed by atoms with Crippen molar-refractivity contribution in [1.29, 1.82) is 0 Å². The topological polar surface area (TPSA) is 166 Å². The van der Waals surface area contributed by atoms with E-state index in [2.05, 4.69) is 5.32 Å². The minimum absolute atomic E-state index is 0.118. The summed E-state index contributed by atoms with van der Waals surface area (Å²) in [6.07, 6.45) is 6.86. The second kappa shape index (κ2) is 15.6. The van der Waals surface area contributed by atoms with Crippen molar-refractivity contribution in [3.63, 3.8) is 0 Å². The fraction of sp³-hybridized carbons (Fsp3) is 0.381. The summed E-state index contributed by atoms with van der Waals surface area (Å²) < 4.78 is 31.4. The molecule has 0 bridgehead atoms. The van der Waals surface area contributed by atoms with Gasteiger partial charge in [0.05, 0.1) is 31.7 Å². The summed E-state index contributed by atoms with van der Waals surface area (Å²) in [6, 6.07) is 15.9. The monoisotopic (exact) mass is 764 g/mol. The van der Waals surface area contributed by atoms with Gasteiger partial charge < -0.3 is 35.0 Å². The van der Waals surface area contributed by atoms with Crippen molar-refractivity contribution in [3.05, 3.63) is 89.8 Å². The van der Waals surface area contributed by atoms with Gasteiger partial charge in [0.1, 0.15) is 35.2 Å². The van der Waals surface area contributed by atoms with Gasteiger partial charge in [-0.15, -0.1) is 0 Å². The molecule has 0 radical (unpaired) electrons. The number of hydrogen-bond acceptors (Lipinski definition) is 9. The third kappa shape index (κ3) is 7.23. The highest BCUT2D eigenvalue weighted by molar-refractivity contribution is 6.13. The summed E-state index contributed by atoms with van der Waals surface area (Å²) in [5.41, 5.74) is 5.25. The molecule has 13 nitrogen and oxygen atoms in total. The number of benzene rings is 3. The largest absolute Gasteiger partial charge is 0.497 e. The van der Waals surface area contributed by atoms with Crippen LogP contribution >= 0.6 is 0 Å². The molecule has 3 aromatic carbocycles. The van der Waals surface area contributed by atoms with E-state index in [1.165, 1.54) is 17.0 Å². The van der Waals surface area contributed by atoms with E-state index in [1.54, 1.807) is 55.5 Å². The van der Waals surface area contributed by atoms with Crippen LogP contribution in [0.2, 0.25) is 0 Å². The average Bonchev–Trinajstić information content (AvgIpc) is 3.74. The zero-order valence-corrected chi connectivity index (χ0v) is 31.6. The van der Waals surface area contributed by atoms with Crippen LogP contribution in [0.15, 0.2) is 72.8 Å². The number of fused-ring (bicyclic) bond motifs is 3. The lowest BCUT2D eigenvalue weighted by molar-refractivity contribution is -0.142. The molecule has 1 aromatic heterocycles. The molecule has 56 heavy (non-hydrogen) atoms. The summed E-state index contributed by atoms with van der Waals surface area (Å²) in [6.45, 7) is 2.15. The molecule has 3 N–H and O–H groups in total. The standard InChI is InChI=1S/C42H45FN6O7/c1-26-34(55-3)19-18-33-35(26)45-36(28-12-14-30(43)15-13-28)46-37(33)56-32-22-42(38(44)51)39(52)47-41(25-50)21-29(41)9-7-5-4-6-8-20-48(40(53)49(42)24-32)23-27-10-16-31(54-2)17-11-27/h7,9-19,25,29,32H,4-6,8,20-24H2,1-3H3,(H2,44,51)(H,47,52)/b9-7+. The van der Waals surface area contributed by atoms with Crippen molar-refractivity contribution in [2.24, 2.45) is 11.7 Å². The zero-order valence-electron chi connectivity index (χ0n) is 31.6. The van der Waals surface area contributed by atoms with E-state index in [0.717, 1.165) is 24.8 Å². The number of carbonyl (C=O) groups excluding carboxylic acids is 4. The highest BCUT2D eigenvalue weighted by Crippen LogP contribution is 2.45. The quantitative estimate of drug-likeness (QED) is 0.131. The van der Waals surface area contributed by atoms with E-state index in [9.17, 15) is 23.6 Å². The summed E-state index contributed by atoms with van der Waals surface area (Å²) in [4.78, 5) is 68.3. The highest BCUT2D eigenvalue weighted by atomic mass is 19.1. The van der Waals surface area contributed by atoms with Crippen molar-refractivity contribution < 1.29 is 37.8 Å². The lowest BCUT2D eigenvalue weighted by Gasteiger charge is -2.38. The number of aromatic nitrogens is 2. The number of nitrogens with one attached hydrogen (secondary N) is 1. The first-order valence-corrected chi connectivity index (χ1v) is 18.7. The molecule has 3 aliphatic rings. The molecule has 7 rings (SSSR count). The molecular weight excluding hydrogens is 719 g/mol. The average molecular weight is 765 g/mol. The maximum Gasteiger partial charge on any atom is 0.321 e. The van der Waals surface area contributed by atoms with Crippen LogP contribution in [-0.2, 0) is 20.9 Å². The molecule has 2 aliphatic heterocycles. The first-order valence-electron chi connectivity index (χ1n) is 18.7. The number of nitrogens with zero attached hydrogens (tertiary/aromatic N) is 4. The Morgan fingerprint density at radius 1 is 1.00 bits per heavy atom. The van der Waals surface area contributed by atoms with Crippen molar-refractivity contribution in [2.45, 2.75) is 69.2 Å². The van der Waals surface area contributed by atoms with Gasteiger partial charge in [0.2, 0.25) is 11.4 Å². The molecule has 0 spiro atoms. The Morgan fingerprint density at radius 2 is 1.77 bits per heavy atom. The van der Waals surface area contributed by atoms with E-state index in [-0.39, 0.29) is 37.1 Å². The van der Waals surface area contributed by atoms with Gasteiger partial charge >= 0.3 is 6.03 Å². The molecule has 14 heteroatoms. The van der Waals surface area contributed by atoms with E-state index in [1.807, 2.05) is 31.2 Å². The van der Waals surface area contributed by atoms with Gasteiger partial charge in [0.15, 0.2) is 5.82 Å². The van der Waals surface area contributed by atoms with Crippen LogP contribution in [0.3, 0.4) is 0 Å². The van der Waals surface area contributed by atoms with Gasteiger partial charge in [-0.1, -0.05) is 30.7 Å². The second-order valence-corrected chi connectivity index (χ2v) is 14.7. The summed E-state index contributed by atoms with van der Waals surface area (Å²) >= 11 is 0. The molecule has 4 unspecified atom stereocenters. The number of nitrogens with two attached hydrogens (primary N) is 1. The van der Waals surface area contributed by atoms with Crippen LogP contribution in [0.4, 0.5) is 9.18 Å². The highest BCUT2D eigenvalue weighted by Gasteiger charge is 2.63. The van der Waals surface area contributed by atoms with Gasteiger partial charge in [0.25, 0.3) is 11.8 Å². The van der Waals surface area contributed by atoms with Crippen LogP contribution in [0.25, 0.3) is 22.3 Å². The fourth-order valence-electron chi connectivity index (χ4n) is 7.76. The van der Waals surface area contributed by atoms with Crippen LogP contribution < -0.4 is 25.3 Å². The third-order valence-electron chi connectivity index (χ3n) is 11.1. The number of amides is 4. The Labute approximate surface area is 324 Å². The van der Waals surface area contributed by atoms with Gasteiger partial charge in [-0.3, -0.25) is 14.5 Å². The minimum Gasteiger partial charge on any atom is -0.497 e. The number of carbonyl (C=O) groups is 4. The van der Waals surface area contributed by atoms with Crippen LogP contribution in [-0.4, -0.2) is 88.4 Å². The number of primary amides is 1. The Morgan fingerprint density at radius 3 is 2.46 bits per heavy atom. The molecule has 1 aliphatic carbocycles.